The smallest absolute Gasteiger partial charge is 0.338 e. The average Bonchev–Trinajstić information content (AvgIpc) is 3.02. The lowest BCUT2D eigenvalue weighted by molar-refractivity contribution is -0.168. The monoisotopic (exact) mass is 322 g/mol. The van der Waals surface area contributed by atoms with Crippen LogP contribution in [-0.4, -0.2) is 37.2 Å². The second-order valence-electron chi connectivity index (χ2n) is 5.44. The van der Waals surface area contributed by atoms with Gasteiger partial charge in [0, 0.05) is 12.8 Å². The molecule has 7 heteroatoms. The molecule has 0 bridgehead atoms. The van der Waals surface area contributed by atoms with E-state index < -0.39 is 23.6 Å². The molecule has 2 heterocycles. The summed E-state index contributed by atoms with van der Waals surface area (Å²) < 4.78 is 21.2. The quantitative estimate of drug-likeness (QED) is 0.722. The first-order valence-electron chi connectivity index (χ1n) is 7.71. The Hall–Kier alpha value is -2.31. The predicted octanol–water partition coefficient (Wildman–Crippen LogP) is 1.38. The lowest BCUT2D eigenvalue weighted by Gasteiger charge is -2.28. The van der Waals surface area contributed by atoms with Crippen LogP contribution in [-0.2, 0) is 33.3 Å². The standard InChI is InChI=1S/C16H18O7/c1-3-20-13(18)9-8-22-15-16(9,14(19)21-4-2)12-10(17)6-5-7-11(12)23-15/h8,15H,3-7H2,1-2H3/t15-,16+/m1/s1. The van der Waals surface area contributed by atoms with Gasteiger partial charge in [0.1, 0.15) is 17.6 Å². The number of hydrogen-bond donors (Lipinski definition) is 0. The van der Waals surface area contributed by atoms with Crippen LogP contribution in [0.1, 0.15) is 33.1 Å². The van der Waals surface area contributed by atoms with Gasteiger partial charge in [0.05, 0.1) is 18.8 Å². The Morgan fingerprint density at radius 2 is 2.00 bits per heavy atom. The molecule has 0 N–H and O–H groups in total. The van der Waals surface area contributed by atoms with E-state index in [0.717, 1.165) is 6.26 Å². The van der Waals surface area contributed by atoms with Crippen LogP contribution in [0.15, 0.2) is 23.2 Å². The van der Waals surface area contributed by atoms with Gasteiger partial charge in [-0.15, -0.1) is 0 Å². The zero-order valence-corrected chi connectivity index (χ0v) is 13.0. The molecule has 0 spiro atoms. The fourth-order valence-electron chi connectivity index (χ4n) is 3.29. The highest BCUT2D eigenvalue weighted by Crippen LogP contribution is 2.55. The van der Waals surface area contributed by atoms with Crippen molar-refractivity contribution in [1.82, 2.24) is 0 Å². The van der Waals surface area contributed by atoms with Crippen LogP contribution >= 0.6 is 0 Å². The summed E-state index contributed by atoms with van der Waals surface area (Å²) in [6, 6.07) is 0. The second-order valence-corrected chi connectivity index (χ2v) is 5.44. The van der Waals surface area contributed by atoms with Gasteiger partial charge < -0.3 is 18.9 Å². The third-order valence-corrected chi connectivity index (χ3v) is 4.19. The summed E-state index contributed by atoms with van der Waals surface area (Å²) in [5.74, 6) is -1.24. The molecule has 124 valence electrons. The fraction of sp³-hybridized carbons (Fsp3) is 0.562. The number of carbonyl (C=O) groups is 3. The van der Waals surface area contributed by atoms with Crippen molar-refractivity contribution >= 4 is 17.7 Å². The minimum absolute atomic E-state index is 0.0388. The molecule has 0 aromatic carbocycles. The van der Waals surface area contributed by atoms with Crippen LogP contribution in [0.25, 0.3) is 0 Å². The van der Waals surface area contributed by atoms with Crippen molar-refractivity contribution in [3.05, 3.63) is 23.2 Å². The van der Waals surface area contributed by atoms with Gasteiger partial charge >= 0.3 is 11.9 Å². The van der Waals surface area contributed by atoms with Crippen LogP contribution < -0.4 is 0 Å². The van der Waals surface area contributed by atoms with E-state index in [1.807, 2.05) is 0 Å². The van der Waals surface area contributed by atoms with Crippen molar-refractivity contribution in [3.63, 3.8) is 0 Å². The Labute approximate surface area is 133 Å². The van der Waals surface area contributed by atoms with E-state index in [-0.39, 0.29) is 30.1 Å². The Bertz CT molecular complexity index is 630. The first kappa shape index (κ1) is 15.6. The molecule has 0 aromatic rings. The topological polar surface area (TPSA) is 88.1 Å². The first-order valence-corrected chi connectivity index (χ1v) is 7.71. The largest absolute Gasteiger partial charge is 0.465 e. The third kappa shape index (κ3) is 2.06. The number of allylic oxidation sites excluding steroid dienone is 1. The molecule has 2 aliphatic heterocycles. The number of rotatable bonds is 4. The Kier molecular flexibility index (Phi) is 3.87. The highest BCUT2D eigenvalue weighted by atomic mass is 16.7. The van der Waals surface area contributed by atoms with Crippen LogP contribution in [0, 0.1) is 5.41 Å². The van der Waals surface area contributed by atoms with Gasteiger partial charge in [-0.05, 0) is 20.3 Å². The minimum Gasteiger partial charge on any atom is -0.465 e. The summed E-state index contributed by atoms with van der Waals surface area (Å²) in [5.41, 5.74) is -1.53. The maximum atomic E-state index is 12.8. The molecule has 2 atom stereocenters. The molecule has 23 heavy (non-hydrogen) atoms. The van der Waals surface area contributed by atoms with E-state index in [2.05, 4.69) is 0 Å². The molecule has 7 nitrogen and oxygen atoms in total. The van der Waals surface area contributed by atoms with E-state index in [1.54, 1.807) is 13.8 Å². The zero-order chi connectivity index (χ0) is 16.6. The van der Waals surface area contributed by atoms with Crippen LogP contribution in [0.3, 0.4) is 0 Å². The van der Waals surface area contributed by atoms with Gasteiger partial charge in [0.15, 0.2) is 5.78 Å². The molecule has 1 aliphatic carbocycles. The molecule has 3 rings (SSSR count). The van der Waals surface area contributed by atoms with Crippen molar-refractivity contribution < 1.29 is 33.3 Å². The Balaban J connectivity index is 2.13. The van der Waals surface area contributed by atoms with Gasteiger partial charge in [0.2, 0.25) is 5.41 Å². The van der Waals surface area contributed by atoms with E-state index in [1.165, 1.54) is 0 Å². The first-order chi connectivity index (χ1) is 11.1. The average molecular weight is 322 g/mol. The van der Waals surface area contributed by atoms with Crippen molar-refractivity contribution in [2.24, 2.45) is 5.41 Å². The summed E-state index contributed by atoms with van der Waals surface area (Å²) in [4.78, 5) is 37.5. The highest BCUT2D eigenvalue weighted by molar-refractivity contribution is 6.11. The lowest BCUT2D eigenvalue weighted by Crippen LogP contribution is -2.46. The number of fused-ring (bicyclic) bond motifs is 2. The Morgan fingerprint density at radius 1 is 1.26 bits per heavy atom. The molecular formula is C16H18O7. The van der Waals surface area contributed by atoms with Crippen molar-refractivity contribution in [2.75, 3.05) is 13.2 Å². The zero-order valence-electron chi connectivity index (χ0n) is 13.0. The van der Waals surface area contributed by atoms with Crippen molar-refractivity contribution in [1.29, 1.82) is 0 Å². The van der Waals surface area contributed by atoms with Crippen LogP contribution in [0.4, 0.5) is 0 Å². The number of ether oxygens (including phenoxy) is 4. The molecule has 3 aliphatic rings. The molecule has 0 amide bonds. The van der Waals surface area contributed by atoms with Crippen molar-refractivity contribution in [2.45, 2.75) is 39.4 Å². The predicted molar refractivity (Wildman–Crippen MR) is 75.6 cm³/mol. The van der Waals surface area contributed by atoms with Gasteiger partial charge in [-0.2, -0.15) is 0 Å². The molecule has 0 aromatic heterocycles. The number of carbonyl (C=O) groups excluding carboxylic acids is 3. The number of ketones is 1. The van der Waals surface area contributed by atoms with Crippen molar-refractivity contribution in [3.8, 4) is 0 Å². The normalized spacial score (nSPS) is 28.3. The van der Waals surface area contributed by atoms with Gasteiger partial charge in [-0.25, -0.2) is 4.79 Å². The van der Waals surface area contributed by atoms with Crippen LogP contribution in [0.2, 0.25) is 0 Å². The van der Waals surface area contributed by atoms with E-state index >= 15 is 0 Å². The van der Waals surface area contributed by atoms with Gasteiger partial charge in [0.25, 0.3) is 6.29 Å². The molecule has 0 saturated carbocycles. The maximum absolute atomic E-state index is 12.8. The van der Waals surface area contributed by atoms with E-state index in [9.17, 15) is 14.4 Å². The van der Waals surface area contributed by atoms with Crippen LogP contribution in [0.5, 0.6) is 0 Å². The SMILES string of the molecule is CCOC(=O)C1=CO[C@@H]2OC3=C(C(=O)CCC3)[C@]12C(=O)OCC. The Morgan fingerprint density at radius 3 is 2.70 bits per heavy atom. The third-order valence-electron chi connectivity index (χ3n) is 4.19. The summed E-state index contributed by atoms with van der Waals surface area (Å²) in [6.45, 7) is 3.56. The van der Waals surface area contributed by atoms with Gasteiger partial charge in [-0.3, -0.25) is 9.59 Å². The molecule has 0 saturated heterocycles. The summed E-state index contributed by atoms with van der Waals surface area (Å²) in [6.07, 6.45) is 1.52. The lowest BCUT2D eigenvalue weighted by atomic mass is 9.71. The number of hydrogen-bond acceptors (Lipinski definition) is 7. The minimum atomic E-state index is -1.67. The molecule has 0 radical (unpaired) electrons. The van der Waals surface area contributed by atoms with E-state index in [0.29, 0.717) is 25.0 Å². The maximum Gasteiger partial charge on any atom is 0.338 e. The summed E-state index contributed by atoms with van der Waals surface area (Å²) in [7, 11) is 0. The molecule has 0 unspecified atom stereocenters. The molecular weight excluding hydrogens is 304 g/mol. The fourth-order valence-corrected chi connectivity index (χ4v) is 3.29. The number of esters is 2. The van der Waals surface area contributed by atoms with Gasteiger partial charge in [-0.1, -0.05) is 0 Å². The van der Waals surface area contributed by atoms with E-state index in [4.69, 9.17) is 18.9 Å². The number of Topliss-reactive ketones (excluding diaryl/α,β-unsaturated/α-hetero) is 1. The summed E-state index contributed by atoms with van der Waals surface area (Å²) >= 11 is 0. The molecule has 0 fully saturated rings. The second kappa shape index (κ2) is 5.72. The summed E-state index contributed by atoms with van der Waals surface area (Å²) in [5, 5.41) is 0. The highest BCUT2D eigenvalue weighted by Gasteiger charge is 2.68.